The molecule has 2 saturated heterocycles. The van der Waals surface area contributed by atoms with Crippen molar-refractivity contribution in [2.45, 2.75) is 45.7 Å². The van der Waals surface area contributed by atoms with E-state index in [0.717, 1.165) is 16.7 Å². The normalized spacial score (nSPS) is 21.3. The number of piperazine rings is 1. The molecule has 2 atom stereocenters. The molecule has 2 aliphatic heterocycles. The Morgan fingerprint density at radius 3 is 2.58 bits per heavy atom. The fourth-order valence-corrected chi connectivity index (χ4v) is 4.88. The largest absolute Gasteiger partial charge is 0.339 e. The van der Waals surface area contributed by atoms with Gasteiger partial charge in [0.15, 0.2) is 0 Å². The van der Waals surface area contributed by atoms with Crippen molar-refractivity contribution in [2.75, 3.05) is 26.2 Å². The van der Waals surface area contributed by atoms with E-state index in [1.165, 1.54) is 0 Å². The molecule has 0 N–H and O–H groups in total. The van der Waals surface area contributed by atoms with Gasteiger partial charge in [-0.2, -0.15) is 0 Å². The fourth-order valence-electron chi connectivity index (χ4n) is 4.88. The van der Waals surface area contributed by atoms with Crippen molar-refractivity contribution in [1.29, 1.82) is 0 Å². The summed E-state index contributed by atoms with van der Waals surface area (Å²) in [6.45, 7) is 7.97. The molecule has 7 heteroatoms. The van der Waals surface area contributed by atoms with Crippen LogP contribution in [0.1, 0.15) is 32.8 Å². The highest BCUT2D eigenvalue weighted by molar-refractivity contribution is 5.93. The van der Waals surface area contributed by atoms with Gasteiger partial charge in [-0.05, 0) is 43.5 Å². The molecule has 33 heavy (non-hydrogen) atoms. The first kappa shape index (κ1) is 23.0. The van der Waals surface area contributed by atoms with Crippen molar-refractivity contribution in [3.63, 3.8) is 0 Å². The summed E-state index contributed by atoms with van der Waals surface area (Å²) in [5.74, 6) is -0.467. The standard InChI is InChI=1S/C26H32N4O3/c1-4-28-11-12-29(25(32)22-15-24(31)30(17-22)18(2)3)23(26(28)33)14-19-7-5-8-20(13-19)21-9-6-10-27-16-21/h5-10,13,16,18,22-23H,4,11-12,14-15,17H2,1-3H3/t22-,23+/m1/s1. The number of carbonyl (C=O) groups excluding carboxylic acids is 3. The Morgan fingerprint density at radius 2 is 1.91 bits per heavy atom. The Bertz CT molecular complexity index is 1020. The Morgan fingerprint density at radius 1 is 1.12 bits per heavy atom. The number of rotatable bonds is 6. The van der Waals surface area contributed by atoms with Crippen LogP contribution in [0.15, 0.2) is 48.8 Å². The zero-order valence-corrected chi connectivity index (χ0v) is 19.6. The topological polar surface area (TPSA) is 73.8 Å². The van der Waals surface area contributed by atoms with Crippen LogP contribution in [0.25, 0.3) is 11.1 Å². The predicted octanol–water partition coefficient (Wildman–Crippen LogP) is 2.61. The van der Waals surface area contributed by atoms with Gasteiger partial charge in [-0.15, -0.1) is 0 Å². The molecular weight excluding hydrogens is 416 g/mol. The number of pyridine rings is 1. The summed E-state index contributed by atoms with van der Waals surface area (Å²) < 4.78 is 0. The van der Waals surface area contributed by atoms with Gasteiger partial charge in [-0.25, -0.2) is 0 Å². The van der Waals surface area contributed by atoms with E-state index in [-0.39, 0.29) is 36.1 Å². The lowest BCUT2D eigenvalue weighted by Gasteiger charge is -2.41. The number of likely N-dealkylation sites (N-methyl/N-ethyl adjacent to an activating group) is 1. The zero-order valence-electron chi connectivity index (χ0n) is 19.6. The fraction of sp³-hybridized carbons (Fsp3) is 0.462. The predicted molar refractivity (Wildman–Crippen MR) is 126 cm³/mol. The molecule has 1 aromatic heterocycles. The van der Waals surface area contributed by atoms with Crippen molar-refractivity contribution in [3.8, 4) is 11.1 Å². The molecule has 0 saturated carbocycles. The molecule has 2 fully saturated rings. The van der Waals surface area contributed by atoms with Gasteiger partial charge in [0.25, 0.3) is 0 Å². The lowest BCUT2D eigenvalue weighted by Crippen LogP contribution is -2.60. The van der Waals surface area contributed by atoms with Crippen LogP contribution < -0.4 is 0 Å². The minimum Gasteiger partial charge on any atom is -0.339 e. The second kappa shape index (κ2) is 9.73. The number of aromatic nitrogens is 1. The van der Waals surface area contributed by atoms with Crippen LogP contribution in [-0.4, -0.2) is 75.7 Å². The van der Waals surface area contributed by atoms with Gasteiger partial charge in [0.2, 0.25) is 17.7 Å². The number of nitrogens with zero attached hydrogens (tertiary/aromatic N) is 4. The van der Waals surface area contributed by atoms with Gasteiger partial charge in [-0.3, -0.25) is 19.4 Å². The van der Waals surface area contributed by atoms with Crippen molar-refractivity contribution in [1.82, 2.24) is 19.7 Å². The van der Waals surface area contributed by atoms with E-state index in [1.54, 1.807) is 16.0 Å². The van der Waals surface area contributed by atoms with Gasteiger partial charge in [-0.1, -0.05) is 30.3 Å². The number of likely N-dealkylation sites (tertiary alicyclic amines) is 1. The Labute approximate surface area is 195 Å². The minimum absolute atomic E-state index is 0.0163. The van der Waals surface area contributed by atoms with Crippen LogP contribution in [0.3, 0.4) is 0 Å². The summed E-state index contributed by atoms with van der Waals surface area (Å²) in [6, 6.07) is 11.5. The van der Waals surface area contributed by atoms with Crippen molar-refractivity contribution >= 4 is 17.7 Å². The van der Waals surface area contributed by atoms with E-state index < -0.39 is 6.04 Å². The Hall–Kier alpha value is -3.22. The van der Waals surface area contributed by atoms with E-state index in [2.05, 4.69) is 11.1 Å². The van der Waals surface area contributed by atoms with Crippen molar-refractivity contribution < 1.29 is 14.4 Å². The molecule has 2 aromatic rings. The summed E-state index contributed by atoms with van der Waals surface area (Å²) in [7, 11) is 0. The molecule has 174 valence electrons. The molecule has 2 aliphatic rings. The number of hydrogen-bond donors (Lipinski definition) is 0. The number of carbonyl (C=O) groups is 3. The molecule has 0 spiro atoms. The lowest BCUT2D eigenvalue weighted by molar-refractivity contribution is -0.153. The van der Waals surface area contributed by atoms with Crippen LogP contribution in [-0.2, 0) is 20.8 Å². The first-order valence-electron chi connectivity index (χ1n) is 11.8. The van der Waals surface area contributed by atoms with Gasteiger partial charge in [0, 0.05) is 57.5 Å². The Balaban J connectivity index is 1.57. The molecule has 1 aromatic carbocycles. The SMILES string of the molecule is CCN1CCN(C(=O)[C@@H]2CC(=O)N(C(C)C)C2)[C@@H](Cc2cccc(-c3cccnc3)c2)C1=O. The average Bonchev–Trinajstić information content (AvgIpc) is 3.22. The van der Waals surface area contributed by atoms with E-state index in [9.17, 15) is 14.4 Å². The lowest BCUT2D eigenvalue weighted by atomic mass is 9.96. The second-order valence-corrected chi connectivity index (χ2v) is 9.15. The van der Waals surface area contributed by atoms with E-state index in [4.69, 9.17) is 0 Å². The molecule has 3 amide bonds. The van der Waals surface area contributed by atoms with Crippen LogP contribution >= 0.6 is 0 Å². The maximum Gasteiger partial charge on any atom is 0.245 e. The quantitative estimate of drug-likeness (QED) is 0.681. The summed E-state index contributed by atoms with van der Waals surface area (Å²) in [5, 5.41) is 0. The molecule has 3 heterocycles. The number of hydrogen-bond acceptors (Lipinski definition) is 4. The van der Waals surface area contributed by atoms with Crippen molar-refractivity contribution in [2.24, 2.45) is 5.92 Å². The highest BCUT2D eigenvalue weighted by Crippen LogP contribution is 2.27. The third-order valence-electron chi connectivity index (χ3n) is 6.73. The highest BCUT2D eigenvalue weighted by Gasteiger charge is 2.43. The maximum absolute atomic E-state index is 13.5. The molecule has 0 radical (unpaired) electrons. The zero-order chi connectivity index (χ0) is 23.5. The Kier molecular flexibility index (Phi) is 6.77. The maximum atomic E-state index is 13.5. The smallest absolute Gasteiger partial charge is 0.245 e. The number of amides is 3. The van der Waals surface area contributed by atoms with Gasteiger partial charge in [0.1, 0.15) is 6.04 Å². The minimum atomic E-state index is -0.557. The third-order valence-corrected chi connectivity index (χ3v) is 6.73. The molecule has 0 unspecified atom stereocenters. The van der Waals surface area contributed by atoms with Gasteiger partial charge >= 0.3 is 0 Å². The summed E-state index contributed by atoms with van der Waals surface area (Å²) in [5.41, 5.74) is 3.04. The van der Waals surface area contributed by atoms with Gasteiger partial charge < -0.3 is 14.7 Å². The van der Waals surface area contributed by atoms with Gasteiger partial charge in [0.05, 0.1) is 5.92 Å². The van der Waals surface area contributed by atoms with Crippen LogP contribution in [0.2, 0.25) is 0 Å². The number of benzene rings is 1. The van der Waals surface area contributed by atoms with Crippen molar-refractivity contribution in [3.05, 3.63) is 54.4 Å². The third kappa shape index (κ3) is 4.77. The average molecular weight is 449 g/mol. The second-order valence-electron chi connectivity index (χ2n) is 9.15. The monoisotopic (exact) mass is 448 g/mol. The molecular formula is C26H32N4O3. The van der Waals surface area contributed by atoms with Crippen LogP contribution in [0.5, 0.6) is 0 Å². The first-order valence-corrected chi connectivity index (χ1v) is 11.8. The summed E-state index contributed by atoms with van der Waals surface area (Å²) >= 11 is 0. The molecule has 0 aliphatic carbocycles. The molecule has 0 bridgehead atoms. The van der Waals surface area contributed by atoms with Crippen LogP contribution in [0.4, 0.5) is 0 Å². The summed E-state index contributed by atoms with van der Waals surface area (Å²) in [4.78, 5) is 48.7. The van der Waals surface area contributed by atoms with E-state index in [1.807, 2.05) is 62.2 Å². The highest BCUT2D eigenvalue weighted by atomic mass is 16.2. The van der Waals surface area contributed by atoms with E-state index >= 15 is 0 Å². The molecule has 7 nitrogen and oxygen atoms in total. The van der Waals surface area contributed by atoms with E-state index in [0.29, 0.717) is 32.6 Å². The summed E-state index contributed by atoms with van der Waals surface area (Å²) in [6.07, 6.45) is 4.23. The first-order chi connectivity index (χ1) is 15.9. The molecule has 4 rings (SSSR count). The van der Waals surface area contributed by atoms with Crippen LogP contribution in [0, 0.1) is 5.92 Å².